The van der Waals surface area contributed by atoms with Gasteiger partial charge in [0.2, 0.25) is 0 Å². The highest BCUT2D eigenvalue weighted by Crippen LogP contribution is 2.17. The molecule has 1 amide bonds. The molecule has 118 valence electrons. The van der Waals surface area contributed by atoms with Crippen molar-refractivity contribution in [2.75, 3.05) is 19.6 Å². The van der Waals surface area contributed by atoms with Gasteiger partial charge in [0.25, 0.3) is 5.91 Å². The minimum Gasteiger partial charge on any atom is -0.336 e. The SMILES string of the molecule is CC1CN(C(=O)c2ccccc2C(=O)c2ccccc2)CCN1. The van der Waals surface area contributed by atoms with Gasteiger partial charge in [-0.2, -0.15) is 0 Å². The van der Waals surface area contributed by atoms with Gasteiger partial charge in [-0.25, -0.2) is 0 Å². The van der Waals surface area contributed by atoms with Crippen LogP contribution in [0.15, 0.2) is 54.6 Å². The van der Waals surface area contributed by atoms with E-state index in [0.29, 0.717) is 29.8 Å². The molecular formula is C19H20N2O2. The molecule has 0 bridgehead atoms. The van der Waals surface area contributed by atoms with E-state index in [2.05, 4.69) is 12.2 Å². The first-order chi connectivity index (χ1) is 11.2. The number of ketones is 1. The van der Waals surface area contributed by atoms with Crippen LogP contribution in [0.4, 0.5) is 0 Å². The van der Waals surface area contributed by atoms with Crippen LogP contribution in [0.2, 0.25) is 0 Å². The molecule has 1 heterocycles. The number of nitrogens with one attached hydrogen (secondary N) is 1. The van der Waals surface area contributed by atoms with E-state index in [9.17, 15) is 9.59 Å². The van der Waals surface area contributed by atoms with E-state index in [1.165, 1.54) is 0 Å². The summed E-state index contributed by atoms with van der Waals surface area (Å²) >= 11 is 0. The number of amides is 1. The molecule has 4 heteroatoms. The number of hydrogen-bond acceptors (Lipinski definition) is 3. The van der Waals surface area contributed by atoms with E-state index in [1.54, 1.807) is 36.4 Å². The van der Waals surface area contributed by atoms with Crippen LogP contribution < -0.4 is 5.32 Å². The summed E-state index contributed by atoms with van der Waals surface area (Å²) in [6.45, 7) is 4.16. The van der Waals surface area contributed by atoms with Crippen molar-refractivity contribution in [2.24, 2.45) is 0 Å². The summed E-state index contributed by atoms with van der Waals surface area (Å²) in [6.07, 6.45) is 0. The molecule has 1 aliphatic rings. The van der Waals surface area contributed by atoms with Crippen molar-refractivity contribution in [1.29, 1.82) is 0 Å². The third kappa shape index (κ3) is 3.32. The van der Waals surface area contributed by atoms with Crippen LogP contribution in [0, 0.1) is 0 Å². The van der Waals surface area contributed by atoms with E-state index in [4.69, 9.17) is 0 Å². The highest BCUT2D eigenvalue weighted by Gasteiger charge is 2.25. The van der Waals surface area contributed by atoms with E-state index in [0.717, 1.165) is 6.54 Å². The van der Waals surface area contributed by atoms with Gasteiger partial charge >= 0.3 is 0 Å². The Kier molecular flexibility index (Phi) is 4.53. The second-order valence-corrected chi connectivity index (χ2v) is 5.85. The largest absolute Gasteiger partial charge is 0.336 e. The quantitative estimate of drug-likeness (QED) is 0.886. The lowest BCUT2D eigenvalue weighted by atomic mass is 9.97. The summed E-state index contributed by atoms with van der Waals surface area (Å²) in [7, 11) is 0. The molecule has 1 saturated heterocycles. The van der Waals surface area contributed by atoms with Gasteiger partial charge in [-0.1, -0.05) is 48.5 Å². The lowest BCUT2D eigenvalue weighted by Gasteiger charge is -2.32. The van der Waals surface area contributed by atoms with Crippen LogP contribution in [-0.2, 0) is 0 Å². The van der Waals surface area contributed by atoms with Crippen LogP contribution in [0.5, 0.6) is 0 Å². The van der Waals surface area contributed by atoms with Crippen molar-refractivity contribution >= 4 is 11.7 Å². The van der Waals surface area contributed by atoms with E-state index in [1.807, 2.05) is 23.1 Å². The van der Waals surface area contributed by atoms with Gasteiger partial charge < -0.3 is 10.2 Å². The Bertz CT molecular complexity index is 712. The summed E-state index contributed by atoms with van der Waals surface area (Å²) in [6, 6.07) is 16.4. The minimum absolute atomic E-state index is 0.0711. The second-order valence-electron chi connectivity index (χ2n) is 5.85. The van der Waals surface area contributed by atoms with Gasteiger partial charge in [0.15, 0.2) is 5.78 Å². The maximum atomic E-state index is 12.8. The zero-order chi connectivity index (χ0) is 16.2. The molecule has 3 rings (SSSR count). The molecule has 23 heavy (non-hydrogen) atoms. The number of carbonyl (C=O) groups is 2. The highest BCUT2D eigenvalue weighted by atomic mass is 16.2. The molecular weight excluding hydrogens is 288 g/mol. The van der Waals surface area contributed by atoms with Gasteiger partial charge in [0.1, 0.15) is 0 Å². The Labute approximate surface area is 136 Å². The predicted molar refractivity (Wildman–Crippen MR) is 89.7 cm³/mol. The van der Waals surface area contributed by atoms with E-state index >= 15 is 0 Å². The monoisotopic (exact) mass is 308 g/mol. The van der Waals surface area contributed by atoms with Crippen molar-refractivity contribution in [3.63, 3.8) is 0 Å². The van der Waals surface area contributed by atoms with Crippen LogP contribution in [0.25, 0.3) is 0 Å². The van der Waals surface area contributed by atoms with Crippen LogP contribution in [0.1, 0.15) is 33.2 Å². The zero-order valence-electron chi connectivity index (χ0n) is 13.2. The standard InChI is InChI=1S/C19H20N2O2/c1-14-13-21(12-11-20-14)19(23)17-10-6-5-9-16(17)18(22)15-7-3-2-4-8-15/h2-10,14,20H,11-13H2,1H3. The van der Waals surface area contributed by atoms with Crippen molar-refractivity contribution in [3.8, 4) is 0 Å². The Morgan fingerprint density at radius 2 is 1.65 bits per heavy atom. The first kappa shape index (κ1) is 15.4. The summed E-state index contributed by atoms with van der Waals surface area (Å²) in [4.78, 5) is 27.4. The lowest BCUT2D eigenvalue weighted by Crippen LogP contribution is -2.51. The smallest absolute Gasteiger partial charge is 0.254 e. The third-order valence-electron chi connectivity index (χ3n) is 4.09. The summed E-state index contributed by atoms with van der Waals surface area (Å²) in [5, 5.41) is 3.32. The minimum atomic E-state index is -0.113. The fraction of sp³-hybridized carbons (Fsp3) is 0.263. The van der Waals surface area contributed by atoms with Crippen molar-refractivity contribution in [3.05, 3.63) is 71.3 Å². The molecule has 1 aliphatic heterocycles. The molecule has 1 N–H and O–H groups in total. The number of benzene rings is 2. The van der Waals surface area contributed by atoms with Gasteiger partial charge in [-0.05, 0) is 13.0 Å². The number of hydrogen-bond donors (Lipinski definition) is 1. The summed E-state index contributed by atoms with van der Waals surface area (Å²) < 4.78 is 0. The number of rotatable bonds is 3. The molecule has 0 radical (unpaired) electrons. The first-order valence-electron chi connectivity index (χ1n) is 7.88. The molecule has 0 aromatic heterocycles. The Hall–Kier alpha value is -2.46. The van der Waals surface area contributed by atoms with Crippen LogP contribution in [0.3, 0.4) is 0 Å². The van der Waals surface area contributed by atoms with E-state index < -0.39 is 0 Å². The van der Waals surface area contributed by atoms with Gasteiger partial charge in [-0.3, -0.25) is 9.59 Å². The molecule has 1 fully saturated rings. The fourth-order valence-corrected chi connectivity index (χ4v) is 2.90. The van der Waals surface area contributed by atoms with Gasteiger partial charge in [-0.15, -0.1) is 0 Å². The Balaban J connectivity index is 1.92. The number of nitrogens with zero attached hydrogens (tertiary/aromatic N) is 1. The third-order valence-corrected chi connectivity index (χ3v) is 4.09. The van der Waals surface area contributed by atoms with Crippen molar-refractivity contribution in [2.45, 2.75) is 13.0 Å². The molecule has 4 nitrogen and oxygen atoms in total. The van der Waals surface area contributed by atoms with Crippen LogP contribution in [-0.4, -0.2) is 42.3 Å². The Morgan fingerprint density at radius 1 is 1.00 bits per heavy atom. The van der Waals surface area contributed by atoms with Gasteiger partial charge in [0, 0.05) is 36.8 Å². The van der Waals surface area contributed by atoms with Crippen molar-refractivity contribution < 1.29 is 9.59 Å². The first-order valence-corrected chi connectivity index (χ1v) is 7.88. The molecule has 2 aromatic rings. The van der Waals surface area contributed by atoms with Crippen molar-refractivity contribution in [1.82, 2.24) is 10.2 Å². The summed E-state index contributed by atoms with van der Waals surface area (Å²) in [5.41, 5.74) is 1.55. The molecule has 0 aliphatic carbocycles. The van der Waals surface area contributed by atoms with E-state index in [-0.39, 0.29) is 17.7 Å². The molecule has 0 spiro atoms. The predicted octanol–water partition coefficient (Wildman–Crippen LogP) is 2.35. The lowest BCUT2D eigenvalue weighted by molar-refractivity contribution is 0.0705. The average molecular weight is 308 g/mol. The van der Waals surface area contributed by atoms with Crippen LogP contribution >= 0.6 is 0 Å². The zero-order valence-corrected chi connectivity index (χ0v) is 13.2. The normalized spacial score (nSPS) is 17.8. The number of piperazine rings is 1. The average Bonchev–Trinajstić information content (AvgIpc) is 2.61. The molecule has 0 saturated carbocycles. The molecule has 1 unspecified atom stereocenters. The maximum Gasteiger partial charge on any atom is 0.254 e. The van der Waals surface area contributed by atoms with Gasteiger partial charge in [0.05, 0.1) is 5.56 Å². The fourth-order valence-electron chi connectivity index (χ4n) is 2.90. The molecule has 2 aromatic carbocycles. The summed E-state index contributed by atoms with van der Waals surface area (Å²) in [5.74, 6) is -0.184. The highest BCUT2D eigenvalue weighted by molar-refractivity contribution is 6.15. The second kappa shape index (κ2) is 6.75. The number of carbonyl (C=O) groups excluding carboxylic acids is 2. The maximum absolute atomic E-state index is 12.8. The Morgan fingerprint density at radius 3 is 2.35 bits per heavy atom. The molecule has 1 atom stereocenters. The topological polar surface area (TPSA) is 49.4 Å².